The van der Waals surface area contributed by atoms with Crippen LogP contribution in [0.1, 0.15) is 83.1 Å². The van der Waals surface area contributed by atoms with Gasteiger partial charge in [-0.25, -0.2) is 0 Å². The van der Waals surface area contributed by atoms with Gasteiger partial charge in [-0.05, 0) is 24.3 Å². The minimum Gasteiger partial charge on any atom is -0.461 e. The van der Waals surface area contributed by atoms with Crippen LogP contribution in [-0.2, 0) is 19.0 Å². The van der Waals surface area contributed by atoms with Crippen molar-refractivity contribution in [3.05, 3.63) is 47.4 Å². The number of nitrogens with one attached hydrogen (secondary N) is 1. The Balaban J connectivity index is 2.35. The first kappa shape index (κ1) is 27.1. The number of fused-ring (bicyclic) bond motifs is 2. The maximum absolute atomic E-state index is 14.1. The molecule has 0 fully saturated rings. The highest BCUT2D eigenvalue weighted by atomic mass is 16.8. The van der Waals surface area contributed by atoms with Gasteiger partial charge in [0, 0.05) is 39.1 Å². The smallest absolute Gasteiger partial charge is 0.261 e. The number of amides is 1. The molecule has 2 aliphatic rings. The summed E-state index contributed by atoms with van der Waals surface area (Å²) in [6, 6.07) is 7.07. The van der Waals surface area contributed by atoms with E-state index in [2.05, 4.69) is 46.9 Å². The number of nitrogen functional groups attached to an aromatic ring is 1. The Hall–Kier alpha value is -2.47. The van der Waals surface area contributed by atoms with E-state index in [4.69, 9.17) is 19.9 Å². The standard InChI is InChI=1S/C29H44N2O4/c1-24(2,3)20-17-28(26(7,8)9)34-22(25(4,5)6)21(29(33-20,35-28)27(10,11)12)23(32)31-19-15-13-18(30)14-16-19/h13-17H,30H2,1-12H3,(H,31,32)/t28-,29-/m1/s1. The van der Waals surface area contributed by atoms with E-state index in [1.165, 1.54) is 0 Å². The van der Waals surface area contributed by atoms with Crippen molar-refractivity contribution >= 4 is 17.3 Å². The first-order valence-corrected chi connectivity index (χ1v) is 12.4. The lowest BCUT2D eigenvalue weighted by molar-refractivity contribution is -0.398. The Bertz CT molecular complexity index is 1060. The van der Waals surface area contributed by atoms with Gasteiger partial charge in [0.05, 0.1) is 0 Å². The number of ether oxygens (including phenoxy) is 3. The lowest BCUT2D eigenvalue weighted by atomic mass is 9.71. The van der Waals surface area contributed by atoms with Gasteiger partial charge in [-0.2, -0.15) is 0 Å². The molecule has 1 aromatic carbocycles. The first-order valence-electron chi connectivity index (χ1n) is 12.4. The monoisotopic (exact) mass is 484 g/mol. The van der Waals surface area contributed by atoms with Gasteiger partial charge in [0.25, 0.3) is 11.7 Å². The number of benzene rings is 1. The van der Waals surface area contributed by atoms with Gasteiger partial charge in [0.1, 0.15) is 17.1 Å². The highest BCUT2D eigenvalue weighted by Crippen LogP contribution is 2.60. The van der Waals surface area contributed by atoms with Crippen molar-refractivity contribution in [1.82, 2.24) is 0 Å². The molecule has 1 amide bonds. The van der Waals surface area contributed by atoms with Crippen LogP contribution in [0.25, 0.3) is 0 Å². The van der Waals surface area contributed by atoms with Crippen molar-refractivity contribution < 1.29 is 19.0 Å². The molecule has 3 rings (SSSR count). The van der Waals surface area contributed by atoms with Crippen LogP contribution < -0.4 is 11.1 Å². The number of carbonyl (C=O) groups excluding carboxylic acids is 1. The predicted molar refractivity (Wildman–Crippen MR) is 141 cm³/mol. The molecule has 6 heteroatoms. The van der Waals surface area contributed by atoms with Crippen LogP contribution in [0.2, 0.25) is 0 Å². The van der Waals surface area contributed by atoms with E-state index in [1.54, 1.807) is 24.3 Å². The molecule has 1 aromatic rings. The van der Waals surface area contributed by atoms with Crippen LogP contribution in [0.4, 0.5) is 11.4 Å². The van der Waals surface area contributed by atoms with E-state index < -0.39 is 27.8 Å². The molecular weight excluding hydrogens is 440 g/mol. The Labute approximate surface area is 211 Å². The molecule has 35 heavy (non-hydrogen) atoms. The van der Waals surface area contributed by atoms with E-state index in [0.717, 1.165) is 5.76 Å². The fourth-order valence-corrected chi connectivity index (χ4v) is 4.24. The van der Waals surface area contributed by atoms with E-state index in [0.29, 0.717) is 22.7 Å². The highest BCUT2D eigenvalue weighted by molar-refractivity contribution is 6.06. The van der Waals surface area contributed by atoms with Gasteiger partial charge in [0.15, 0.2) is 0 Å². The summed E-state index contributed by atoms with van der Waals surface area (Å²) in [6.45, 7) is 24.8. The molecule has 0 saturated heterocycles. The second kappa shape index (κ2) is 8.02. The predicted octanol–water partition coefficient (Wildman–Crippen LogP) is 7.00. The summed E-state index contributed by atoms with van der Waals surface area (Å²) in [7, 11) is 0. The zero-order chi connectivity index (χ0) is 26.8. The summed E-state index contributed by atoms with van der Waals surface area (Å²) >= 11 is 0. The summed E-state index contributed by atoms with van der Waals surface area (Å²) in [4.78, 5) is 14.1. The van der Waals surface area contributed by atoms with Crippen LogP contribution in [0.15, 0.2) is 47.4 Å². The maximum atomic E-state index is 14.1. The average Bonchev–Trinajstić information content (AvgIpc) is 2.65. The minimum atomic E-state index is -1.39. The molecule has 3 N–H and O–H groups in total. The molecule has 2 bridgehead atoms. The van der Waals surface area contributed by atoms with Crippen LogP contribution >= 0.6 is 0 Å². The fraction of sp³-hybridized carbons (Fsp3) is 0.621. The minimum absolute atomic E-state index is 0.327. The van der Waals surface area contributed by atoms with Gasteiger partial charge < -0.3 is 20.5 Å². The van der Waals surface area contributed by atoms with Crippen molar-refractivity contribution in [2.24, 2.45) is 21.7 Å². The normalized spacial score (nSPS) is 25.4. The molecule has 194 valence electrons. The largest absolute Gasteiger partial charge is 0.461 e. The van der Waals surface area contributed by atoms with Crippen molar-refractivity contribution in [3.63, 3.8) is 0 Å². The maximum Gasteiger partial charge on any atom is 0.261 e. The Morgan fingerprint density at radius 3 is 1.77 bits per heavy atom. The third-order valence-electron chi connectivity index (χ3n) is 6.53. The molecular formula is C29H44N2O4. The van der Waals surface area contributed by atoms with Gasteiger partial charge in [-0.3, -0.25) is 9.53 Å². The van der Waals surface area contributed by atoms with Crippen LogP contribution in [-0.4, -0.2) is 17.5 Å². The number of nitrogens with two attached hydrogens (primary N) is 1. The number of allylic oxidation sites excluding steroid dienone is 2. The fourth-order valence-electron chi connectivity index (χ4n) is 4.24. The second-order valence-electron chi connectivity index (χ2n) is 13.9. The van der Waals surface area contributed by atoms with E-state index in [1.807, 2.05) is 47.6 Å². The Morgan fingerprint density at radius 2 is 1.34 bits per heavy atom. The molecule has 6 nitrogen and oxygen atoms in total. The van der Waals surface area contributed by atoms with Crippen molar-refractivity contribution in [1.29, 1.82) is 0 Å². The number of anilines is 2. The van der Waals surface area contributed by atoms with E-state index in [-0.39, 0.29) is 11.3 Å². The van der Waals surface area contributed by atoms with Gasteiger partial charge in [0.2, 0.25) is 5.79 Å². The van der Waals surface area contributed by atoms with Crippen molar-refractivity contribution in [3.8, 4) is 0 Å². The average molecular weight is 485 g/mol. The third kappa shape index (κ3) is 4.69. The number of hydrogen-bond donors (Lipinski definition) is 2. The summed E-state index contributed by atoms with van der Waals surface area (Å²) in [5.41, 5.74) is 5.53. The quantitative estimate of drug-likeness (QED) is 0.442. The summed E-state index contributed by atoms with van der Waals surface area (Å²) in [5.74, 6) is -1.55. The molecule has 0 unspecified atom stereocenters. The zero-order valence-corrected chi connectivity index (χ0v) is 23.6. The van der Waals surface area contributed by atoms with Crippen molar-refractivity contribution in [2.75, 3.05) is 11.1 Å². The Kier molecular flexibility index (Phi) is 6.22. The number of carbonyl (C=O) groups is 1. The molecule has 0 saturated carbocycles. The van der Waals surface area contributed by atoms with Gasteiger partial charge in [-0.15, -0.1) is 0 Å². The van der Waals surface area contributed by atoms with Crippen LogP contribution in [0, 0.1) is 21.7 Å². The van der Waals surface area contributed by atoms with E-state index >= 15 is 0 Å². The number of hydrogen-bond acceptors (Lipinski definition) is 5. The lowest BCUT2D eigenvalue weighted by Crippen LogP contribution is -2.67. The summed E-state index contributed by atoms with van der Waals surface area (Å²) < 4.78 is 20.6. The molecule has 0 aromatic heterocycles. The van der Waals surface area contributed by atoms with Crippen LogP contribution in [0.5, 0.6) is 0 Å². The SMILES string of the molecule is CC(C)(C)C1=C[C@@]2(C(C)(C)C)OC(C(C)(C)C)=C(C(=O)Nc3ccc(N)cc3)[C@@](C(C)(C)C)(O1)O2. The molecule has 0 spiro atoms. The summed E-state index contributed by atoms with van der Waals surface area (Å²) in [5, 5.41) is 3.03. The molecule has 2 atom stereocenters. The molecule has 2 heterocycles. The highest BCUT2D eigenvalue weighted by Gasteiger charge is 2.67. The molecule has 2 aliphatic heterocycles. The van der Waals surface area contributed by atoms with Gasteiger partial charge >= 0.3 is 0 Å². The molecule has 0 radical (unpaired) electrons. The Morgan fingerprint density at radius 1 is 0.800 bits per heavy atom. The third-order valence-corrected chi connectivity index (χ3v) is 6.53. The van der Waals surface area contributed by atoms with Gasteiger partial charge in [-0.1, -0.05) is 83.1 Å². The van der Waals surface area contributed by atoms with E-state index in [9.17, 15) is 4.79 Å². The second-order valence-corrected chi connectivity index (χ2v) is 13.9. The number of rotatable bonds is 2. The molecule has 0 aliphatic carbocycles. The zero-order valence-electron chi connectivity index (χ0n) is 23.6. The topological polar surface area (TPSA) is 82.8 Å². The first-order chi connectivity index (χ1) is 15.6. The van der Waals surface area contributed by atoms with Crippen molar-refractivity contribution in [2.45, 2.75) is 94.7 Å². The van der Waals surface area contributed by atoms with Crippen LogP contribution in [0.3, 0.4) is 0 Å². The lowest BCUT2D eigenvalue weighted by Gasteiger charge is -2.60. The summed E-state index contributed by atoms with van der Waals surface area (Å²) in [6.07, 6.45) is 1.97.